The first-order valence-electron chi connectivity index (χ1n) is 3.77. The third-order valence-electron chi connectivity index (χ3n) is 1.75. The molecule has 2 nitrogen and oxygen atoms in total. The molecule has 2 unspecified atom stereocenters. The molecule has 2 rings (SSSR count). The Morgan fingerprint density at radius 2 is 2.00 bits per heavy atom. The van der Waals surface area contributed by atoms with Crippen LogP contribution in [0.15, 0.2) is 39.3 Å². The summed E-state index contributed by atoms with van der Waals surface area (Å²) in [5, 5.41) is 1.64. The second-order valence-corrected chi connectivity index (χ2v) is 4.84. The van der Waals surface area contributed by atoms with E-state index < -0.39 is 11.1 Å². The van der Waals surface area contributed by atoms with E-state index in [1.807, 2.05) is 30.3 Å². The van der Waals surface area contributed by atoms with Crippen molar-refractivity contribution >= 4 is 33.7 Å². The number of halogens is 1. The summed E-state index contributed by atoms with van der Waals surface area (Å²) in [6.45, 7) is 0. The number of rotatable bonds is 1. The summed E-state index contributed by atoms with van der Waals surface area (Å²) in [5.41, 5.74) is 1.05. The van der Waals surface area contributed by atoms with Crippen LogP contribution in [0.5, 0.6) is 0 Å². The lowest BCUT2D eigenvalue weighted by Crippen LogP contribution is -1.97. The highest BCUT2D eigenvalue weighted by Crippen LogP contribution is 2.36. The average molecular weight is 306 g/mol. The Morgan fingerprint density at radius 3 is 2.54 bits per heavy atom. The van der Waals surface area contributed by atoms with Crippen LogP contribution in [0, 0.1) is 0 Å². The molecular formula is C9H7IO2S. The Kier molecular flexibility index (Phi) is 2.80. The highest BCUT2D eigenvalue weighted by molar-refractivity contribution is 14.1. The van der Waals surface area contributed by atoms with E-state index in [1.54, 1.807) is 5.41 Å². The lowest BCUT2D eigenvalue weighted by atomic mass is 10.1. The summed E-state index contributed by atoms with van der Waals surface area (Å²) >= 11 is 0.903. The largest absolute Gasteiger partial charge is 0.274 e. The molecule has 0 aromatic heterocycles. The van der Waals surface area contributed by atoms with E-state index in [2.05, 4.69) is 22.6 Å². The molecule has 0 aliphatic carbocycles. The monoisotopic (exact) mass is 306 g/mol. The van der Waals surface area contributed by atoms with Crippen LogP contribution < -0.4 is 0 Å². The SMILES string of the molecule is O=S1C=C(I)C(c2ccccc2)O1. The summed E-state index contributed by atoms with van der Waals surface area (Å²) < 4.78 is 17.3. The third kappa shape index (κ3) is 2.00. The molecule has 0 saturated carbocycles. The molecule has 0 N–H and O–H groups in total. The minimum Gasteiger partial charge on any atom is -0.274 e. The number of hydrogen-bond acceptors (Lipinski definition) is 2. The Hall–Kier alpha value is -0.200. The molecule has 1 aromatic carbocycles. The molecule has 0 bridgehead atoms. The summed E-state index contributed by atoms with van der Waals surface area (Å²) in [6.07, 6.45) is -0.136. The van der Waals surface area contributed by atoms with Crippen LogP contribution in [0.3, 0.4) is 0 Å². The summed E-state index contributed by atoms with van der Waals surface area (Å²) in [7, 11) is 0. The lowest BCUT2D eigenvalue weighted by Gasteiger charge is -2.08. The van der Waals surface area contributed by atoms with Gasteiger partial charge in [-0.15, -0.1) is 0 Å². The van der Waals surface area contributed by atoms with Gasteiger partial charge in [0.25, 0.3) is 0 Å². The van der Waals surface area contributed by atoms with Crippen molar-refractivity contribution in [3.63, 3.8) is 0 Å². The Bertz CT molecular complexity index is 361. The van der Waals surface area contributed by atoms with Crippen molar-refractivity contribution in [1.29, 1.82) is 0 Å². The Labute approximate surface area is 92.8 Å². The van der Waals surface area contributed by atoms with Crippen LogP contribution in [0.4, 0.5) is 0 Å². The van der Waals surface area contributed by atoms with Gasteiger partial charge < -0.3 is 0 Å². The molecule has 1 aromatic rings. The summed E-state index contributed by atoms with van der Waals surface area (Å²) in [6, 6.07) is 9.79. The maximum Gasteiger partial charge on any atom is 0.183 e. The van der Waals surface area contributed by atoms with E-state index in [0.29, 0.717) is 0 Å². The van der Waals surface area contributed by atoms with Crippen LogP contribution >= 0.6 is 22.6 Å². The van der Waals surface area contributed by atoms with Crippen molar-refractivity contribution in [3.8, 4) is 0 Å². The standard InChI is InChI=1S/C9H7IO2S/c10-8-6-13(11)12-9(8)7-4-2-1-3-5-7/h1-6,9H. The Balaban J connectivity index is 2.30. The zero-order valence-electron chi connectivity index (χ0n) is 6.64. The molecule has 1 aliphatic rings. The predicted octanol–water partition coefficient (Wildman–Crippen LogP) is 2.70. The molecule has 2 atom stereocenters. The molecule has 0 radical (unpaired) electrons. The van der Waals surface area contributed by atoms with Crippen LogP contribution in [-0.2, 0) is 15.3 Å². The van der Waals surface area contributed by atoms with Crippen molar-refractivity contribution in [3.05, 3.63) is 44.9 Å². The second kappa shape index (κ2) is 3.89. The lowest BCUT2D eigenvalue weighted by molar-refractivity contribution is 0.296. The van der Waals surface area contributed by atoms with Crippen molar-refractivity contribution in [2.75, 3.05) is 0 Å². The fourth-order valence-corrected chi connectivity index (χ4v) is 3.21. The fourth-order valence-electron chi connectivity index (χ4n) is 1.16. The highest BCUT2D eigenvalue weighted by atomic mass is 127. The first kappa shape index (κ1) is 9.36. The zero-order chi connectivity index (χ0) is 9.26. The normalized spacial score (nSPS) is 27.3. The molecule has 0 spiro atoms. The maximum atomic E-state index is 11.0. The Morgan fingerprint density at radius 1 is 1.31 bits per heavy atom. The van der Waals surface area contributed by atoms with Gasteiger partial charge in [-0.2, -0.15) is 0 Å². The van der Waals surface area contributed by atoms with E-state index in [-0.39, 0.29) is 6.10 Å². The van der Waals surface area contributed by atoms with Gasteiger partial charge in [-0.05, 0) is 28.2 Å². The van der Waals surface area contributed by atoms with Crippen molar-refractivity contribution < 1.29 is 8.39 Å². The molecule has 13 heavy (non-hydrogen) atoms. The smallest absolute Gasteiger partial charge is 0.183 e. The zero-order valence-corrected chi connectivity index (χ0v) is 9.62. The molecule has 68 valence electrons. The van der Waals surface area contributed by atoms with E-state index in [0.717, 1.165) is 9.14 Å². The van der Waals surface area contributed by atoms with Crippen LogP contribution in [-0.4, -0.2) is 4.21 Å². The quantitative estimate of drug-likeness (QED) is 0.746. The van der Waals surface area contributed by atoms with Gasteiger partial charge in [0.15, 0.2) is 11.1 Å². The van der Waals surface area contributed by atoms with Gasteiger partial charge in [-0.25, -0.2) is 4.21 Å². The van der Waals surface area contributed by atoms with Gasteiger partial charge in [0.1, 0.15) is 6.10 Å². The minimum absolute atomic E-state index is 0.136. The molecule has 4 heteroatoms. The van der Waals surface area contributed by atoms with Crippen molar-refractivity contribution in [1.82, 2.24) is 0 Å². The third-order valence-corrected chi connectivity index (χ3v) is 3.88. The fraction of sp³-hybridized carbons (Fsp3) is 0.111. The second-order valence-electron chi connectivity index (χ2n) is 2.65. The van der Waals surface area contributed by atoms with Gasteiger partial charge in [0.05, 0.1) is 0 Å². The van der Waals surface area contributed by atoms with Gasteiger partial charge in [0.2, 0.25) is 0 Å². The van der Waals surface area contributed by atoms with Crippen LogP contribution in [0.2, 0.25) is 0 Å². The maximum absolute atomic E-state index is 11.0. The number of benzene rings is 1. The molecule has 1 heterocycles. The van der Waals surface area contributed by atoms with Gasteiger partial charge in [-0.1, -0.05) is 30.3 Å². The van der Waals surface area contributed by atoms with Crippen molar-refractivity contribution in [2.24, 2.45) is 0 Å². The van der Waals surface area contributed by atoms with E-state index >= 15 is 0 Å². The molecule has 1 aliphatic heterocycles. The first-order chi connectivity index (χ1) is 6.27. The molecule has 0 fully saturated rings. The van der Waals surface area contributed by atoms with Crippen LogP contribution in [0.1, 0.15) is 11.7 Å². The average Bonchev–Trinajstić information content (AvgIpc) is 2.47. The highest BCUT2D eigenvalue weighted by Gasteiger charge is 2.24. The first-order valence-corrected chi connectivity index (χ1v) is 5.99. The van der Waals surface area contributed by atoms with Gasteiger partial charge in [0, 0.05) is 8.99 Å². The van der Waals surface area contributed by atoms with Gasteiger partial charge >= 0.3 is 0 Å². The predicted molar refractivity (Wildman–Crippen MR) is 60.5 cm³/mol. The van der Waals surface area contributed by atoms with Crippen molar-refractivity contribution in [2.45, 2.75) is 6.10 Å². The number of hydrogen-bond donors (Lipinski definition) is 0. The topological polar surface area (TPSA) is 26.3 Å². The minimum atomic E-state index is -1.25. The van der Waals surface area contributed by atoms with E-state index in [1.165, 1.54) is 0 Å². The molecule has 0 saturated heterocycles. The van der Waals surface area contributed by atoms with E-state index in [9.17, 15) is 4.21 Å². The summed E-state index contributed by atoms with van der Waals surface area (Å²) in [5.74, 6) is 0. The van der Waals surface area contributed by atoms with E-state index in [4.69, 9.17) is 4.18 Å². The molecular weight excluding hydrogens is 299 g/mol. The summed E-state index contributed by atoms with van der Waals surface area (Å²) in [4.78, 5) is 0. The van der Waals surface area contributed by atoms with Crippen LogP contribution in [0.25, 0.3) is 0 Å². The molecule has 0 amide bonds. The van der Waals surface area contributed by atoms with Gasteiger partial charge in [-0.3, -0.25) is 4.18 Å².